The molecule has 4 heteroatoms. The molecule has 0 unspecified atom stereocenters. The summed E-state index contributed by atoms with van der Waals surface area (Å²) in [6.07, 6.45) is 5.11. The van der Waals surface area contributed by atoms with E-state index in [1.54, 1.807) is 0 Å². The largest absolute Gasteiger partial charge is 0.465 e. The molecule has 3 heterocycles. The Bertz CT molecular complexity index is 464. The minimum atomic E-state index is 0.0230. The van der Waals surface area contributed by atoms with Gasteiger partial charge in [0.1, 0.15) is 11.5 Å². The lowest BCUT2D eigenvalue weighted by Gasteiger charge is -2.45. The first-order valence-electron chi connectivity index (χ1n) is 7.24. The van der Waals surface area contributed by atoms with Crippen LogP contribution in [-0.2, 0) is 11.3 Å². The maximum Gasteiger partial charge on any atom is 0.220 e. The highest BCUT2D eigenvalue weighted by atomic mass is 16.3. The fraction of sp³-hybridized carbons (Fsp3) is 0.667. The number of nitrogens with zero attached hydrogens (tertiary/aromatic N) is 1. The SMILES string of the molecule is Cc1ccc(CN2CCC[C@]3(CCCC(=O)N3)C2)o1. The van der Waals surface area contributed by atoms with Crippen LogP contribution in [0.1, 0.15) is 43.6 Å². The minimum absolute atomic E-state index is 0.0230. The molecular weight excluding hydrogens is 240 g/mol. The van der Waals surface area contributed by atoms with Crippen LogP contribution >= 0.6 is 0 Å². The van der Waals surface area contributed by atoms with Crippen LogP contribution in [0.4, 0.5) is 0 Å². The fourth-order valence-electron chi connectivity index (χ4n) is 3.47. The van der Waals surface area contributed by atoms with Gasteiger partial charge >= 0.3 is 0 Å². The van der Waals surface area contributed by atoms with E-state index < -0.39 is 0 Å². The van der Waals surface area contributed by atoms with Crippen molar-refractivity contribution >= 4 is 5.91 Å². The van der Waals surface area contributed by atoms with Gasteiger partial charge in [-0.05, 0) is 51.3 Å². The van der Waals surface area contributed by atoms with Gasteiger partial charge in [0.25, 0.3) is 0 Å². The van der Waals surface area contributed by atoms with Gasteiger partial charge < -0.3 is 9.73 Å². The van der Waals surface area contributed by atoms with Gasteiger partial charge in [-0.15, -0.1) is 0 Å². The van der Waals surface area contributed by atoms with Crippen molar-refractivity contribution in [3.05, 3.63) is 23.7 Å². The van der Waals surface area contributed by atoms with Crippen LogP contribution in [0.25, 0.3) is 0 Å². The van der Waals surface area contributed by atoms with Crippen molar-refractivity contribution in [2.75, 3.05) is 13.1 Å². The standard InChI is InChI=1S/C15H22N2O2/c1-12-5-6-13(19-12)10-17-9-3-8-15(11-17)7-2-4-14(18)16-15/h5-6H,2-4,7-11H2,1H3,(H,16,18)/t15-/m1/s1. The number of hydrogen-bond donors (Lipinski definition) is 1. The third-order valence-electron chi connectivity index (χ3n) is 4.30. The van der Waals surface area contributed by atoms with E-state index in [4.69, 9.17) is 4.42 Å². The van der Waals surface area contributed by atoms with E-state index in [1.165, 1.54) is 0 Å². The summed E-state index contributed by atoms with van der Waals surface area (Å²) < 4.78 is 5.65. The second-order valence-electron chi connectivity index (χ2n) is 6.01. The summed E-state index contributed by atoms with van der Waals surface area (Å²) in [5.74, 6) is 2.21. The van der Waals surface area contributed by atoms with Crippen molar-refractivity contribution in [1.29, 1.82) is 0 Å². The molecule has 19 heavy (non-hydrogen) atoms. The normalized spacial score (nSPS) is 28.6. The number of carbonyl (C=O) groups excluding carboxylic acids is 1. The molecular formula is C15H22N2O2. The summed E-state index contributed by atoms with van der Waals surface area (Å²) in [5.41, 5.74) is 0.0230. The molecule has 0 aromatic carbocycles. The Morgan fingerprint density at radius 3 is 2.95 bits per heavy atom. The second-order valence-corrected chi connectivity index (χ2v) is 6.01. The second kappa shape index (κ2) is 5.00. The van der Waals surface area contributed by atoms with E-state index in [2.05, 4.69) is 16.3 Å². The molecule has 1 spiro atoms. The number of aryl methyl sites for hydroxylation is 1. The summed E-state index contributed by atoms with van der Waals surface area (Å²) in [6.45, 7) is 4.88. The number of likely N-dealkylation sites (tertiary alicyclic amines) is 1. The molecule has 2 fully saturated rings. The Labute approximate surface area is 114 Å². The van der Waals surface area contributed by atoms with Crippen LogP contribution in [0.3, 0.4) is 0 Å². The lowest BCUT2D eigenvalue weighted by atomic mass is 9.81. The van der Waals surface area contributed by atoms with Gasteiger partial charge in [0.05, 0.1) is 12.1 Å². The molecule has 4 nitrogen and oxygen atoms in total. The topological polar surface area (TPSA) is 45.5 Å². The number of rotatable bonds is 2. The Morgan fingerprint density at radius 1 is 1.37 bits per heavy atom. The van der Waals surface area contributed by atoms with Crippen LogP contribution in [0, 0.1) is 6.92 Å². The van der Waals surface area contributed by atoms with Gasteiger partial charge in [-0.25, -0.2) is 0 Å². The Morgan fingerprint density at radius 2 is 2.21 bits per heavy atom. The maximum absolute atomic E-state index is 11.7. The van der Waals surface area contributed by atoms with Crippen LogP contribution in [0.15, 0.2) is 16.5 Å². The van der Waals surface area contributed by atoms with Crippen LogP contribution in [0.2, 0.25) is 0 Å². The third kappa shape index (κ3) is 2.84. The molecule has 0 aliphatic carbocycles. The fourth-order valence-corrected chi connectivity index (χ4v) is 3.47. The Balaban J connectivity index is 1.66. The number of carbonyl (C=O) groups is 1. The third-order valence-corrected chi connectivity index (χ3v) is 4.30. The van der Waals surface area contributed by atoms with E-state index in [0.29, 0.717) is 6.42 Å². The zero-order chi connectivity index (χ0) is 13.3. The number of nitrogens with one attached hydrogen (secondary N) is 1. The van der Waals surface area contributed by atoms with E-state index in [9.17, 15) is 4.79 Å². The molecule has 2 saturated heterocycles. The van der Waals surface area contributed by atoms with Gasteiger partial charge in [0.15, 0.2) is 0 Å². The molecule has 0 bridgehead atoms. The lowest BCUT2D eigenvalue weighted by Crippen LogP contribution is -2.60. The number of hydrogen-bond acceptors (Lipinski definition) is 3. The summed E-state index contributed by atoms with van der Waals surface area (Å²) >= 11 is 0. The van der Waals surface area contributed by atoms with Crippen molar-refractivity contribution in [3.8, 4) is 0 Å². The summed E-state index contributed by atoms with van der Waals surface area (Å²) in [6, 6.07) is 4.06. The monoisotopic (exact) mass is 262 g/mol. The van der Waals surface area contributed by atoms with Crippen molar-refractivity contribution in [2.45, 2.75) is 51.1 Å². The zero-order valence-electron chi connectivity index (χ0n) is 11.6. The molecule has 0 radical (unpaired) electrons. The quantitative estimate of drug-likeness (QED) is 0.889. The van der Waals surface area contributed by atoms with Gasteiger partial charge in [-0.3, -0.25) is 9.69 Å². The van der Waals surface area contributed by atoms with Gasteiger partial charge in [0, 0.05) is 13.0 Å². The molecule has 1 aromatic heterocycles. The minimum Gasteiger partial charge on any atom is -0.465 e. The highest BCUT2D eigenvalue weighted by molar-refractivity contribution is 5.77. The van der Waals surface area contributed by atoms with E-state index in [1.807, 2.05) is 13.0 Å². The van der Waals surface area contributed by atoms with E-state index >= 15 is 0 Å². The Kier molecular flexibility index (Phi) is 3.35. The lowest BCUT2D eigenvalue weighted by molar-refractivity contribution is -0.126. The Hall–Kier alpha value is -1.29. The first kappa shape index (κ1) is 12.7. The number of furan rings is 1. The smallest absolute Gasteiger partial charge is 0.220 e. The van der Waals surface area contributed by atoms with Crippen LogP contribution in [0.5, 0.6) is 0 Å². The van der Waals surface area contributed by atoms with Crippen LogP contribution < -0.4 is 5.32 Å². The van der Waals surface area contributed by atoms with Crippen molar-refractivity contribution in [2.24, 2.45) is 0 Å². The first-order chi connectivity index (χ1) is 9.15. The average molecular weight is 262 g/mol. The molecule has 2 aliphatic heterocycles. The molecule has 3 rings (SSSR count). The zero-order valence-corrected chi connectivity index (χ0v) is 11.6. The number of piperidine rings is 2. The predicted molar refractivity (Wildman–Crippen MR) is 72.7 cm³/mol. The predicted octanol–water partition coefficient (Wildman–Crippen LogP) is 2.22. The van der Waals surface area contributed by atoms with Crippen LogP contribution in [-0.4, -0.2) is 29.4 Å². The molecule has 1 N–H and O–H groups in total. The highest BCUT2D eigenvalue weighted by Gasteiger charge is 2.38. The van der Waals surface area contributed by atoms with Gasteiger partial charge in [0.2, 0.25) is 5.91 Å². The highest BCUT2D eigenvalue weighted by Crippen LogP contribution is 2.30. The van der Waals surface area contributed by atoms with E-state index in [-0.39, 0.29) is 11.4 Å². The van der Waals surface area contributed by atoms with Gasteiger partial charge in [-0.1, -0.05) is 0 Å². The molecule has 0 saturated carbocycles. The van der Waals surface area contributed by atoms with Crippen molar-refractivity contribution in [1.82, 2.24) is 10.2 Å². The number of amides is 1. The molecule has 2 aliphatic rings. The molecule has 104 valence electrons. The summed E-state index contributed by atoms with van der Waals surface area (Å²) in [7, 11) is 0. The summed E-state index contributed by atoms with van der Waals surface area (Å²) in [4.78, 5) is 14.1. The van der Waals surface area contributed by atoms with Crippen molar-refractivity contribution < 1.29 is 9.21 Å². The maximum atomic E-state index is 11.7. The molecule has 1 amide bonds. The van der Waals surface area contributed by atoms with E-state index in [0.717, 1.165) is 56.8 Å². The van der Waals surface area contributed by atoms with Crippen molar-refractivity contribution in [3.63, 3.8) is 0 Å². The first-order valence-corrected chi connectivity index (χ1v) is 7.24. The summed E-state index contributed by atoms with van der Waals surface area (Å²) in [5, 5.41) is 3.24. The average Bonchev–Trinajstić information content (AvgIpc) is 2.74. The molecule has 1 atom stereocenters. The molecule has 1 aromatic rings. The van der Waals surface area contributed by atoms with Gasteiger partial charge in [-0.2, -0.15) is 0 Å².